The van der Waals surface area contributed by atoms with E-state index in [0.717, 1.165) is 16.9 Å². The van der Waals surface area contributed by atoms with Gasteiger partial charge in [0.25, 0.3) is 0 Å². The number of aromatic nitrogens is 1. The van der Waals surface area contributed by atoms with Crippen LogP contribution in [0.3, 0.4) is 0 Å². The standard InChI is InChI=1S/C18H15NO3S/c1-22-14-9-5-8-13(11-14)17-19-15(16(23-17)18(20)21)10-12-6-3-2-4-7-12/h2-9,11H,10H2,1H3,(H,20,21). The largest absolute Gasteiger partial charge is 0.497 e. The van der Waals surface area contributed by atoms with Crippen molar-refractivity contribution in [2.24, 2.45) is 0 Å². The van der Waals surface area contributed by atoms with Gasteiger partial charge in [-0.25, -0.2) is 9.78 Å². The highest BCUT2D eigenvalue weighted by Gasteiger charge is 2.18. The molecule has 23 heavy (non-hydrogen) atoms. The molecule has 0 atom stereocenters. The summed E-state index contributed by atoms with van der Waals surface area (Å²) in [5, 5.41) is 10.1. The van der Waals surface area contributed by atoms with Crippen molar-refractivity contribution in [1.82, 2.24) is 4.98 Å². The normalized spacial score (nSPS) is 10.5. The lowest BCUT2D eigenvalue weighted by Gasteiger charge is -2.01. The van der Waals surface area contributed by atoms with Gasteiger partial charge in [0, 0.05) is 12.0 Å². The Bertz CT molecular complexity index is 827. The third-order valence-corrected chi connectivity index (χ3v) is 4.56. The second-order valence-corrected chi connectivity index (χ2v) is 5.99. The number of benzene rings is 2. The van der Waals surface area contributed by atoms with E-state index in [0.29, 0.717) is 17.1 Å². The minimum absolute atomic E-state index is 0.284. The van der Waals surface area contributed by atoms with Gasteiger partial charge in [-0.1, -0.05) is 42.5 Å². The maximum absolute atomic E-state index is 11.5. The molecule has 3 rings (SSSR count). The van der Waals surface area contributed by atoms with E-state index in [4.69, 9.17) is 4.74 Å². The van der Waals surface area contributed by atoms with Gasteiger partial charge in [-0.15, -0.1) is 11.3 Å². The first-order valence-corrected chi connectivity index (χ1v) is 7.90. The minimum atomic E-state index is -0.942. The number of thiazole rings is 1. The van der Waals surface area contributed by atoms with Crippen LogP contribution in [0.25, 0.3) is 10.6 Å². The Hall–Kier alpha value is -2.66. The molecule has 0 aliphatic carbocycles. The maximum atomic E-state index is 11.5. The van der Waals surface area contributed by atoms with Crippen molar-refractivity contribution in [3.05, 3.63) is 70.7 Å². The number of carbonyl (C=O) groups is 1. The summed E-state index contributed by atoms with van der Waals surface area (Å²) in [4.78, 5) is 16.4. The quantitative estimate of drug-likeness (QED) is 0.767. The van der Waals surface area contributed by atoms with E-state index < -0.39 is 5.97 Å². The molecule has 0 unspecified atom stereocenters. The lowest BCUT2D eigenvalue weighted by Crippen LogP contribution is -1.99. The summed E-state index contributed by atoms with van der Waals surface area (Å²) in [6, 6.07) is 17.2. The zero-order valence-electron chi connectivity index (χ0n) is 12.5. The predicted molar refractivity (Wildman–Crippen MR) is 90.3 cm³/mol. The molecule has 1 aromatic heterocycles. The van der Waals surface area contributed by atoms with Crippen molar-refractivity contribution in [3.63, 3.8) is 0 Å². The van der Waals surface area contributed by atoms with Crippen molar-refractivity contribution in [2.75, 3.05) is 7.11 Å². The Balaban J connectivity index is 2.00. The molecular formula is C18H15NO3S. The van der Waals surface area contributed by atoms with Gasteiger partial charge < -0.3 is 9.84 Å². The van der Waals surface area contributed by atoms with E-state index in [9.17, 15) is 9.90 Å². The number of carboxylic acids is 1. The Labute approximate surface area is 138 Å². The molecular weight excluding hydrogens is 310 g/mol. The first kappa shape index (κ1) is 15.2. The highest BCUT2D eigenvalue weighted by molar-refractivity contribution is 7.17. The summed E-state index contributed by atoms with van der Waals surface area (Å²) >= 11 is 1.19. The molecule has 0 amide bonds. The molecule has 0 aliphatic heterocycles. The van der Waals surface area contributed by atoms with E-state index in [-0.39, 0.29) is 4.88 Å². The number of hydrogen-bond donors (Lipinski definition) is 1. The van der Waals surface area contributed by atoms with Gasteiger partial charge in [-0.3, -0.25) is 0 Å². The molecule has 2 aromatic carbocycles. The van der Waals surface area contributed by atoms with E-state index in [1.165, 1.54) is 11.3 Å². The fourth-order valence-electron chi connectivity index (χ4n) is 2.31. The number of ether oxygens (including phenoxy) is 1. The van der Waals surface area contributed by atoms with Gasteiger partial charge in [0.1, 0.15) is 15.6 Å². The molecule has 0 fully saturated rings. The molecule has 0 saturated carbocycles. The molecule has 0 spiro atoms. The van der Waals surface area contributed by atoms with Crippen molar-refractivity contribution in [2.45, 2.75) is 6.42 Å². The van der Waals surface area contributed by atoms with E-state index in [1.54, 1.807) is 7.11 Å². The third-order valence-electron chi connectivity index (χ3n) is 3.42. The number of carboxylic acid groups (broad SMARTS) is 1. The van der Waals surface area contributed by atoms with Gasteiger partial charge in [-0.2, -0.15) is 0 Å². The van der Waals surface area contributed by atoms with Crippen LogP contribution in [0.15, 0.2) is 54.6 Å². The van der Waals surface area contributed by atoms with Crippen molar-refractivity contribution in [1.29, 1.82) is 0 Å². The second-order valence-electron chi connectivity index (χ2n) is 4.99. The third kappa shape index (κ3) is 3.40. The smallest absolute Gasteiger partial charge is 0.347 e. The molecule has 0 aliphatic rings. The van der Waals surface area contributed by atoms with Crippen LogP contribution in [0.4, 0.5) is 0 Å². The lowest BCUT2D eigenvalue weighted by molar-refractivity contribution is 0.0701. The highest BCUT2D eigenvalue weighted by Crippen LogP contribution is 2.31. The Morgan fingerprint density at radius 3 is 2.65 bits per heavy atom. The van der Waals surface area contributed by atoms with Gasteiger partial charge in [0.2, 0.25) is 0 Å². The zero-order valence-corrected chi connectivity index (χ0v) is 13.3. The fourth-order valence-corrected chi connectivity index (χ4v) is 3.22. The van der Waals surface area contributed by atoms with Crippen LogP contribution >= 0.6 is 11.3 Å². The minimum Gasteiger partial charge on any atom is -0.497 e. The average Bonchev–Trinajstić information content (AvgIpc) is 3.00. The van der Waals surface area contributed by atoms with E-state index in [1.807, 2.05) is 54.6 Å². The molecule has 1 heterocycles. The van der Waals surface area contributed by atoms with Gasteiger partial charge >= 0.3 is 5.97 Å². The van der Waals surface area contributed by atoms with Crippen molar-refractivity contribution < 1.29 is 14.6 Å². The van der Waals surface area contributed by atoms with Crippen LogP contribution in [0.1, 0.15) is 20.9 Å². The van der Waals surface area contributed by atoms with Crippen LogP contribution < -0.4 is 4.74 Å². The van der Waals surface area contributed by atoms with E-state index in [2.05, 4.69) is 4.98 Å². The molecule has 4 nitrogen and oxygen atoms in total. The van der Waals surface area contributed by atoms with Gasteiger partial charge in [0.15, 0.2) is 0 Å². The number of hydrogen-bond acceptors (Lipinski definition) is 4. The number of methoxy groups -OCH3 is 1. The number of nitrogens with zero attached hydrogens (tertiary/aromatic N) is 1. The number of aromatic carboxylic acids is 1. The molecule has 5 heteroatoms. The van der Waals surface area contributed by atoms with Crippen LogP contribution in [-0.4, -0.2) is 23.2 Å². The summed E-state index contributed by atoms with van der Waals surface area (Å²) in [7, 11) is 1.60. The Morgan fingerprint density at radius 2 is 1.96 bits per heavy atom. The molecule has 0 saturated heterocycles. The summed E-state index contributed by atoms with van der Waals surface area (Å²) in [6.45, 7) is 0. The van der Waals surface area contributed by atoms with Crippen LogP contribution in [0.2, 0.25) is 0 Å². The van der Waals surface area contributed by atoms with Crippen molar-refractivity contribution >= 4 is 17.3 Å². The summed E-state index contributed by atoms with van der Waals surface area (Å²) in [5.74, 6) is -0.221. The Kier molecular flexibility index (Phi) is 4.39. The second kappa shape index (κ2) is 6.62. The van der Waals surface area contributed by atoms with Gasteiger partial charge in [0.05, 0.1) is 12.8 Å². The summed E-state index contributed by atoms with van der Waals surface area (Å²) in [6.07, 6.45) is 0.503. The molecule has 3 aromatic rings. The van der Waals surface area contributed by atoms with Crippen molar-refractivity contribution in [3.8, 4) is 16.3 Å². The van der Waals surface area contributed by atoms with Crippen LogP contribution in [-0.2, 0) is 6.42 Å². The van der Waals surface area contributed by atoms with E-state index >= 15 is 0 Å². The van der Waals surface area contributed by atoms with Crippen LogP contribution in [0.5, 0.6) is 5.75 Å². The van der Waals surface area contributed by atoms with Gasteiger partial charge in [-0.05, 0) is 17.7 Å². The maximum Gasteiger partial charge on any atom is 0.347 e. The lowest BCUT2D eigenvalue weighted by atomic mass is 10.1. The fraction of sp³-hybridized carbons (Fsp3) is 0.111. The zero-order chi connectivity index (χ0) is 16.2. The molecule has 0 bridgehead atoms. The average molecular weight is 325 g/mol. The SMILES string of the molecule is COc1cccc(-c2nc(Cc3ccccc3)c(C(=O)O)s2)c1. The summed E-state index contributed by atoms with van der Waals surface area (Å²) in [5.41, 5.74) is 2.49. The first-order chi connectivity index (χ1) is 11.2. The van der Waals surface area contributed by atoms with Crippen LogP contribution in [0, 0.1) is 0 Å². The topological polar surface area (TPSA) is 59.4 Å². The highest BCUT2D eigenvalue weighted by atomic mass is 32.1. The molecule has 116 valence electrons. The number of rotatable bonds is 5. The predicted octanol–water partition coefficient (Wildman–Crippen LogP) is 4.11. The monoisotopic (exact) mass is 325 g/mol. The summed E-state index contributed by atoms with van der Waals surface area (Å²) < 4.78 is 5.22. The first-order valence-electron chi connectivity index (χ1n) is 7.08. The molecule has 1 N–H and O–H groups in total. The molecule has 0 radical (unpaired) electrons. The Morgan fingerprint density at radius 1 is 1.17 bits per heavy atom.